The van der Waals surface area contributed by atoms with Crippen LogP contribution in [-0.4, -0.2) is 25.0 Å². The van der Waals surface area contributed by atoms with Crippen LogP contribution in [0.1, 0.15) is 54.5 Å². The standard InChI is InChI=1S/C17H26ClN.ClH/c1-13(2)12-16(19(3)4)17(10-5-11-17)14-6-8-15(18)9-7-14;/h6-9,13,16H,5,10-12H2,1-4H3;1H/i1D3,2D3,13D;. The van der Waals surface area contributed by atoms with Crippen molar-refractivity contribution in [2.24, 2.45) is 5.89 Å². The molecule has 1 nitrogen and oxygen atoms in total. The van der Waals surface area contributed by atoms with Crippen LogP contribution in [0.15, 0.2) is 24.3 Å². The fourth-order valence-electron chi connectivity index (χ4n) is 3.22. The van der Waals surface area contributed by atoms with Crippen LogP contribution in [0, 0.1) is 5.89 Å². The second-order valence-corrected chi connectivity index (χ2v) is 6.12. The van der Waals surface area contributed by atoms with Gasteiger partial charge in [0.05, 0.1) is 0 Å². The molecular formula is C17H27Cl2N. The molecule has 1 unspecified atom stereocenters. The molecule has 0 saturated heterocycles. The largest absolute Gasteiger partial charge is 0.306 e. The van der Waals surface area contributed by atoms with E-state index in [4.69, 9.17) is 21.2 Å². The Balaban J connectivity index is 0.00000364. The van der Waals surface area contributed by atoms with Crippen LogP contribution in [-0.2, 0) is 5.41 Å². The summed E-state index contributed by atoms with van der Waals surface area (Å²) in [7, 11) is 3.64. The zero-order chi connectivity index (χ0) is 20.0. The van der Waals surface area contributed by atoms with Crippen molar-refractivity contribution in [1.29, 1.82) is 0 Å². The van der Waals surface area contributed by atoms with E-state index >= 15 is 0 Å². The zero-order valence-corrected chi connectivity index (χ0v) is 13.5. The Morgan fingerprint density at radius 2 is 1.90 bits per heavy atom. The maximum atomic E-state index is 8.45. The molecule has 3 heteroatoms. The van der Waals surface area contributed by atoms with Crippen LogP contribution in [0.2, 0.25) is 5.02 Å². The third kappa shape index (κ3) is 3.50. The second kappa shape index (κ2) is 7.15. The van der Waals surface area contributed by atoms with E-state index in [1.54, 1.807) is 12.1 Å². The average Bonchev–Trinajstić information content (AvgIpc) is 2.44. The maximum absolute atomic E-state index is 8.45. The van der Waals surface area contributed by atoms with E-state index in [1.165, 1.54) is 0 Å². The summed E-state index contributed by atoms with van der Waals surface area (Å²) in [5.41, 5.74) is 0.655. The van der Waals surface area contributed by atoms with Crippen LogP contribution >= 0.6 is 24.0 Å². The topological polar surface area (TPSA) is 3.24 Å². The summed E-state index contributed by atoms with van der Waals surface area (Å²) in [6.45, 7) is -5.81. The van der Waals surface area contributed by atoms with Crippen molar-refractivity contribution in [3.05, 3.63) is 34.9 Å². The summed E-state index contributed by atoms with van der Waals surface area (Å²) < 4.78 is 54.9. The molecule has 1 aromatic rings. The lowest BCUT2D eigenvalue weighted by Crippen LogP contribution is -2.52. The predicted molar refractivity (Wildman–Crippen MR) is 91.2 cm³/mol. The fourth-order valence-corrected chi connectivity index (χ4v) is 3.35. The smallest absolute Gasteiger partial charge is 0.0406 e. The molecule has 0 heterocycles. The summed E-state index contributed by atoms with van der Waals surface area (Å²) >= 11 is 6.00. The Morgan fingerprint density at radius 3 is 2.30 bits per heavy atom. The summed E-state index contributed by atoms with van der Waals surface area (Å²) in [6.07, 6.45) is 2.39. The highest BCUT2D eigenvalue weighted by atomic mass is 35.5. The quantitative estimate of drug-likeness (QED) is 0.723. The number of benzene rings is 1. The van der Waals surface area contributed by atoms with E-state index in [-0.39, 0.29) is 30.3 Å². The lowest BCUT2D eigenvalue weighted by atomic mass is 9.58. The van der Waals surface area contributed by atoms with Crippen LogP contribution in [0.25, 0.3) is 0 Å². The fraction of sp³-hybridized carbons (Fsp3) is 0.647. The van der Waals surface area contributed by atoms with Crippen molar-refractivity contribution >= 4 is 24.0 Å². The Bertz CT molecular complexity index is 608. The molecule has 0 spiro atoms. The minimum atomic E-state index is -2.91. The van der Waals surface area contributed by atoms with Gasteiger partial charge in [0.1, 0.15) is 0 Å². The number of nitrogens with zero attached hydrogens (tertiary/aromatic N) is 1. The van der Waals surface area contributed by atoms with Crippen molar-refractivity contribution in [3.8, 4) is 0 Å². The number of likely N-dealkylation sites (N-methyl/N-ethyl adjacent to an activating group) is 1. The Labute approximate surface area is 144 Å². The van der Waals surface area contributed by atoms with E-state index in [0.29, 0.717) is 5.02 Å². The molecular weight excluding hydrogens is 289 g/mol. The van der Waals surface area contributed by atoms with Crippen LogP contribution < -0.4 is 0 Å². The van der Waals surface area contributed by atoms with Gasteiger partial charge in [0.15, 0.2) is 0 Å². The second-order valence-electron chi connectivity index (χ2n) is 5.68. The first kappa shape index (κ1) is 9.71. The zero-order valence-electron chi connectivity index (χ0n) is 18.9. The molecule has 1 aromatic carbocycles. The van der Waals surface area contributed by atoms with Crippen molar-refractivity contribution in [1.82, 2.24) is 4.90 Å². The lowest BCUT2D eigenvalue weighted by Gasteiger charge is -2.51. The highest BCUT2D eigenvalue weighted by molar-refractivity contribution is 6.30. The van der Waals surface area contributed by atoms with Crippen molar-refractivity contribution < 1.29 is 9.60 Å². The molecule has 0 aromatic heterocycles. The van der Waals surface area contributed by atoms with Crippen molar-refractivity contribution in [2.45, 2.75) is 50.8 Å². The third-order valence-corrected chi connectivity index (χ3v) is 4.58. The molecule has 1 atom stereocenters. The normalized spacial score (nSPS) is 25.5. The first-order valence-electron chi connectivity index (χ1n) is 10.2. The van der Waals surface area contributed by atoms with Crippen LogP contribution in [0.4, 0.5) is 0 Å². The van der Waals surface area contributed by atoms with Gasteiger partial charge in [-0.05, 0) is 56.9 Å². The molecule has 20 heavy (non-hydrogen) atoms. The van der Waals surface area contributed by atoms with Crippen molar-refractivity contribution in [2.75, 3.05) is 14.1 Å². The van der Waals surface area contributed by atoms with Gasteiger partial charge >= 0.3 is 0 Å². The Hall–Kier alpha value is -0.240. The third-order valence-electron chi connectivity index (χ3n) is 4.32. The van der Waals surface area contributed by atoms with E-state index in [0.717, 1.165) is 24.8 Å². The Morgan fingerprint density at radius 1 is 1.30 bits per heavy atom. The monoisotopic (exact) mass is 322 g/mol. The molecule has 0 radical (unpaired) electrons. The average molecular weight is 323 g/mol. The van der Waals surface area contributed by atoms with Crippen LogP contribution in [0.5, 0.6) is 0 Å². The summed E-state index contributed by atoms with van der Waals surface area (Å²) in [5.74, 6) is -2.52. The first-order valence-corrected chi connectivity index (χ1v) is 7.05. The van der Waals surface area contributed by atoms with Gasteiger partial charge in [-0.15, -0.1) is 12.4 Å². The number of hydrogen-bond acceptors (Lipinski definition) is 1. The molecule has 114 valence electrons. The Kier molecular flexibility index (Phi) is 3.47. The van der Waals surface area contributed by atoms with Gasteiger partial charge < -0.3 is 4.90 Å². The van der Waals surface area contributed by atoms with Gasteiger partial charge in [0.2, 0.25) is 0 Å². The summed E-state index contributed by atoms with van der Waals surface area (Å²) in [6, 6.07) is 7.06. The highest BCUT2D eigenvalue weighted by Gasteiger charge is 2.46. The lowest BCUT2D eigenvalue weighted by molar-refractivity contribution is 0.0808. The van der Waals surface area contributed by atoms with E-state index in [2.05, 4.69) is 0 Å². The summed E-state index contributed by atoms with van der Waals surface area (Å²) in [5, 5.41) is 0.615. The number of hydrogen-bond donors (Lipinski definition) is 0. The predicted octanol–water partition coefficient (Wildman–Crippen LogP) is 5.16. The highest BCUT2D eigenvalue weighted by Crippen LogP contribution is 2.49. The van der Waals surface area contributed by atoms with Gasteiger partial charge in [-0.2, -0.15) is 0 Å². The van der Waals surface area contributed by atoms with Gasteiger partial charge in [0, 0.05) is 26.1 Å². The molecule has 0 bridgehead atoms. The van der Waals surface area contributed by atoms with Gasteiger partial charge in [0.25, 0.3) is 0 Å². The minimum Gasteiger partial charge on any atom is -0.306 e. The minimum absolute atomic E-state index is 0. The van der Waals surface area contributed by atoms with Crippen LogP contribution in [0.3, 0.4) is 0 Å². The number of halogens is 2. The SMILES string of the molecule is Cl.[2H]C([2H])([2H])C([2H])(CC(N(C)C)C1(c2ccc(Cl)cc2)CCC1)C([2H])([2H])[2H]. The van der Waals surface area contributed by atoms with E-state index in [9.17, 15) is 0 Å². The molecule has 1 saturated carbocycles. The molecule has 1 aliphatic rings. The maximum Gasteiger partial charge on any atom is 0.0406 e. The summed E-state index contributed by atoms with van der Waals surface area (Å²) in [4.78, 5) is 1.87. The molecule has 2 rings (SSSR count). The number of rotatable bonds is 5. The van der Waals surface area contributed by atoms with Gasteiger partial charge in [-0.3, -0.25) is 0 Å². The van der Waals surface area contributed by atoms with Gasteiger partial charge in [-0.1, -0.05) is 43.9 Å². The molecule has 0 aliphatic heterocycles. The van der Waals surface area contributed by atoms with Crippen molar-refractivity contribution in [3.63, 3.8) is 0 Å². The van der Waals surface area contributed by atoms with E-state index in [1.807, 2.05) is 31.1 Å². The molecule has 0 N–H and O–H groups in total. The van der Waals surface area contributed by atoms with Gasteiger partial charge in [-0.25, -0.2) is 0 Å². The molecule has 1 aliphatic carbocycles. The molecule has 0 amide bonds. The van der Waals surface area contributed by atoms with E-state index < -0.39 is 19.6 Å². The molecule has 1 fully saturated rings. The first-order chi connectivity index (χ1) is 11.7.